The Morgan fingerprint density at radius 3 is 2.61 bits per heavy atom. The Kier molecular flexibility index (Phi) is 6.26. The van der Waals surface area contributed by atoms with Crippen molar-refractivity contribution in [2.75, 3.05) is 20.2 Å². The highest BCUT2D eigenvalue weighted by molar-refractivity contribution is 5.95. The van der Waals surface area contributed by atoms with Crippen LogP contribution < -0.4 is 10.1 Å². The van der Waals surface area contributed by atoms with E-state index < -0.39 is 4.92 Å². The second kappa shape index (κ2) is 8.84. The molecule has 0 bridgehead atoms. The van der Waals surface area contributed by atoms with Crippen LogP contribution in [0.5, 0.6) is 5.75 Å². The summed E-state index contributed by atoms with van der Waals surface area (Å²) < 4.78 is 4.98. The van der Waals surface area contributed by atoms with E-state index in [0.717, 1.165) is 32.5 Å². The molecule has 28 heavy (non-hydrogen) atoms. The van der Waals surface area contributed by atoms with Crippen molar-refractivity contribution in [3.8, 4) is 5.75 Å². The standard InChI is InChI=1S/C21H25N3O4/c1-15-5-3-4-6-17(15)14-23-11-9-18(10-12-23)22-21(25)16-7-8-20(28-2)19(13-16)24(26)27/h3-8,13,18H,9-12,14H2,1-2H3,(H,22,25). The molecule has 0 atom stereocenters. The Hall–Kier alpha value is -2.93. The summed E-state index contributed by atoms with van der Waals surface area (Å²) in [5, 5.41) is 14.1. The number of carbonyl (C=O) groups is 1. The molecule has 3 rings (SSSR count). The van der Waals surface area contributed by atoms with Crippen LogP contribution in [-0.4, -0.2) is 42.0 Å². The van der Waals surface area contributed by atoms with Gasteiger partial charge < -0.3 is 10.1 Å². The van der Waals surface area contributed by atoms with Gasteiger partial charge in [0.1, 0.15) is 0 Å². The van der Waals surface area contributed by atoms with Crippen LogP contribution in [0.2, 0.25) is 0 Å². The number of hydrogen-bond donors (Lipinski definition) is 1. The Labute approximate surface area is 164 Å². The van der Waals surface area contributed by atoms with Crippen molar-refractivity contribution >= 4 is 11.6 Å². The number of carbonyl (C=O) groups excluding carboxylic acids is 1. The van der Waals surface area contributed by atoms with Crippen LogP contribution in [-0.2, 0) is 6.54 Å². The van der Waals surface area contributed by atoms with Crippen molar-refractivity contribution in [3.63, 3.8) is 0 Å². The molecule has 1 fully saturated rings. The number of aryl methyl sites for hydroxylation is 1. The lowest BCUT2D eigenvalue weighted by Crippen LogP contribution is -2.44. The molecule has 0 saturated carbocycles. The second-order valence-electron chi connectivity index (χ2n) is 7.09. The van der Waals surface area contributed by atoms with Gasteiger partial charge in [0, 0.05) is 37.3 Å². The molecule has 1 N–H and O–H groups in total. The maximum Gasteiger partial charge on any atom is 0.311 e. The van der Waals surface area contributed by atoms with E-state index in [1.165, 1.54) is 30.4 Å². The van der Waals surface area contributed by atoms with Crippen molar-refractivity contribution in [2.24, 2.45) is 0 Å². The Morgan fingerprint density at radius 2 is 1.96 bits per heavy atom. The number of hydrogen-bond acceptors (Lipinski definition) is 5. The van der Waals surface area contributed by atoms with E-state index in [0.29, 0.717) is 0 Å². The van der Waals surface area contributed by atoms with Gasteiger partial charge in [-0.15, -0.1) is 0 Å². The number of benzene rings is 2. The van der Waals surface area contributed by atoms with E-state index in [-0.39, 0.29) is 28.9 Å². The highest BCUT2D eigenvalue weighted by Crippen LogP contribution is 2.27. The van der Waals surface area contributed by atoms with Gasteiger partial charge in [0.25, 0.3) is 5.91 Å². The van der Waals surface area contributed by atoms with Crippen molar-refractivity contribution in [3.05, 3.63) is 69.3 Å². The van der Waals surface area contributed by atoms with Gasteiger partial charge in [0.2, 0.25) is 0 Å². The molecule has 1 heterocycles. The molecule has 0 aliphatic carbocycles. The van der Waals surface area contributed by atoms with Gasteiger partial charge in [0.05, 0.1) is 12.0 Å². The minimum absolute atomic E-state index is 0.0711. The molecule has 7 nitrogen and oxygen atoms in total. The van der Waals surface area contributed by atoms with E-state index in [2.05, 4.69) is 35.3 Å². The Bertz CT molecular complexity index is 860. The molecule has 0 radical (unpaired) electrons. The van der Waals surface area contributed by atoms with E-state index in [1.807, 2.05) is 6.07 Å². The average Bonchev–Trinajstić information content (AvgIpc) is 2.70. The zero-order valence-corrected chi connectivity index (χ0v) is 16.2. The number of rotatable bonds is 6. The normalized spacial score (nSPS) is 15.2. The molecular formula is C21H25N3O4. The Morgan fingerprint density at radius 1 is 1.25 bits per heavy atom. The summed E-state index contributed by atoms with van der Waals surface area (Å²) in [6, 6.07) is 12.7. The molecule has 148 valence electrons. The molecule has 0 spiro atoms. The summed E-state index contributed by atoms with van der Waals surface area (Å²) in [5.74, 6) is -0.144. The first-order valence-corrected chi connectivity index (χ1v) is 9.38. The zero-order valence-electron chi connectivity index (χ0n) is 16.2. The SMILES string of the molecule is COc1ccc(C(=O)NC2CCN(Cc3ccccc3C)CC2)cc1[N+](=O)[O-]. The molecule has 1 aliphatic rings. The maximum atomic E-state index is 12.5. The third kappa shape index (κ3) is 4.67. The lowest BCUT2D eigenvalue weighted by atomic mass is 10.0. The minimum atomic E-state index is -0.542. The fourth-order valence-corrected chi connectivity index (χ4v) is 3.51. The topological polar surface area (TPSA) is 84.7 Å². The summed E-state index contributed by atoms with van der Waals surface area (Å²) in [4.78, 5) is 25.5. The van der Waals surface area contributed by atoms with Crippen molar-refractivity contribution in [2.45, 2.75) is 32.4 Å². The number of amides is 1. The van der Waals surface area contributed by atoms with Crippen LogP contribution in [0.15, 0.2) is 42.5 Å². The second-order valence-corrected chi connectivity index (χ2v) is 7.09. The smallest absolute Gasteiger partial charge is 0.311 e. The van der Waals surface area contributed by atoms with Crippen molar-refractivity contribution < 1.29 is 14.5 Å². The van der Waals surface area contributed by atoms with Crippen LogP contribution in [0.25, 0.3) is 0 Å². The van der Waals surface area contributed by atoms with Crippen molar-refractivity contribution in [1.82, 2.24) is 10.2 Å². The fourth-order valence-electron chi connectivity index (χ4n) is 3.51. The molecule has 2 aromatic carbocycles. The summed E-state index contributed by atoms with van der Waals surface area (Å²) in [6.07, 6.45) is 1.71. The summed E-state index contributed by atoms with van der Waals surface area (Å²) in [7, 11) is 1.37. The Balaban J connectivity index is 1.56. The van der Waals surface area contributed by atoms with Gasteiger partial charge in [-0.3, -0.25) is 19.8 Å². The number of ether oxygens (including phenoxy) is 1. The van der Waals surface area contributed by atoms with Crippen LogP contribution in [0, 0.1) is 17.0 Å². The van der Waals surface area contributed by atoms with Gasteiger partial charge in [-0.2, -0.15) is 0 Å². The summed E-state index contributed by atoms with van der Waals surface area (Å²) >= 11 is 0. The van der Waals surface area contributed by atoms with E-state index in [1.54, 1.807) is 6.07 Å². The number of nitrogens with one attached hydrogen (secondary N) is 1. The van der Waals surface area contributed by atoms with Gasteiger partial charge in [-0.25, -0.2) is 0 Å². The van der Waals surface area contributed by atoms with Gasteiger partial charge in [0.15, 0.2) is 5.75 Å². The molecule has 0 unspecified atom stereocenters. The number of piperidine rings is 1. The van der Waals surface area contributed by atoms with E-state index in [9.17, 15) is 14.9 Å². The number of likely N-dealkylation sites (tertiary alicyclic amines) is 1. The summed E-state index contributed by atoms with van der Waals surface area (Å²) in [5.41, 5.74) is 2.69. The predicted molar refractivity (Wildman–Crippen MR) is 107 cm³/mol. The minimum Gasteiger partial charge on any atom is -0.490 e. The summed E-state index contributed by atoms with van der Waals surface area (Å²) in [6.45, 7) is 4.85. The molecule has 1 amide bonds. The van der Waals surface area contributed by atoms with E-state index in [4.69, 9.17) is 4.74 Å². The van der Waals surface area contributed by atoms with E-state index >= 15 is 0 Å². The third-order valence-electron chi connectivity index (χ3n) is 5.22. The monoisotopic (exact) mass is 383 g/mol. The zero-order chi connectivity index (χ0) is 20.1. The molecule has 2 aromatic rings. The highest BCUT2D eigenvalue weighted by atomic mass is 16.6. The lowest BCUT2D eigenvalue weighted by Gasteiger charge is -2.32. The first-order valence-electron chi connectivity index (χ1n) is 9.38. The molecule has 0 aromatic heterocycles. The molecule has 7 heteroatoms. The number of methoxy groups -OCH3 is 1. The van der Waals surface area contributed by atoms with Crippen LogP contribution in [0.3, 0.4) is 0 Å². The lowest BCUT2D eigenvalue weighted by molar-refractivity contribution is -0.385. The number of nitro benzene ring substituents is 1. The number of nitro groups is 1. The first kappa shape index (κ1) is 19.8. The van der Waals surface area contributed by atoms with Gasteiger partial charge in [-0.1, -0.05) is 24.3 Å². The largest absolute Gasteiger partial charge is 0.490 e. The van der Waals surface area contributed by atoms with Crippen LogP contribution >= 0.6 is 0 Å². The van der Waals surface area contributed by atoms with Crippen LogP contribution in [0.4, 0.5) is 5.69 Å². The van der Waals surface area contributed by atoms with Gasteiger partial charge in [-0.05, 0) is 43.0 Å². The van der Waals surface area contributed by atoms with Crippen LogP contribution in [0.1, 0.15) is 34.3 Å². The average molecular weight is 383 g/mol. The molecule has 1 saturated heterocycles. The van der Waals surface area contributed by atoms with Gasteiger partial charge >= 0.3 is 5.69 Å². The fraction of sp³-hybridized carbons (Fsp3) is 0.381. The van der Waals surface area contributed by atoms with Crippen molar-refractivity contribution in [1.29, 1.82) is 0 Å². The quantitative estimate of drug-likeness (QED) is 0.611. The maximum absolute atomic E-state index is 12.5. The predicted octanol–water partition coefficient (Wildman–Crippen LogP) is 3.31. The number of nitrogens with zero attached hydrogens (tertiary/aromatic N) is 2. The third-order valence-corrected chi connectivity index (χ3v) is 5.22. The highest BCUT2D eigenvalue weighted by Gasteiger charge is 2.23. The molecule has 1 aliphatic heterocycles. The first-order chi connectivity index (χ1) is 13.5. The molecular weight excluding hydrogens is 358 g/mol.